The van der Waals surface area contributed by atoms with Gasteiger partial charge in [-0.15, -0.1) is 0 Å². The predicted octanol–water partition coefficient (Wildman–Crippen LogP) is 4.24. The van der Waals surface area contributed by atoms with Crippen LogP contribution in [-0.2, 0) is 16.2 Å². The molecule has 0 bridgehead atoms. The molecule has 0 atom stereocenters. The highest BCUT2D eigenvalue weighted by molar-refractivity contribution is 7.89. The van der Waals surface area contributed by atoms with Crippen LogP contribution in [0.4, 0.5) is 13.2 Å². The number of halogens is 3. The zero-order valence-electron chi connectivity index (χ0n) is 16.4. The quantitative estimate of drug-likeness (QED) is 0.412. The second-order valence-electron chi connectivity index (χ2n) is 6.83. The first-order chi connectivity index (χ1) is 15.1. The third-order valence-electron chi connectivity index (χ3n) is 4.77. The standard InChI is InChI=1S/C21H16F3N3O4S/c1-25-32(29,30)15-7-9-19(31-14-5-3-13(4-6-14)21(22,23)24)16(11-15)12-2-8-17-18(10-12)27-20(28)26-17/h2-11,25H,1H3,(H2,26,27,28). The second-order valence-corrected chi connectivity index (χ2v) is 8.72. The number of alkyl halides is 3. The summed E-state index contributed by atoms with van der Waals surface area (Å²) in [5.74, 6) is 0.358. The highest BCUT2D eigenvalue weighted by atomic mass is 32.2. The number of aromatic amines is 2. The molecule has 0 aliphatic rings. The van der Waals surface area contributed by atoms with E-state index in [1.807, 2.05) is 0 Å². The van der Waals surface area contributed by atoms with Crippen molar-refractivity contribution in [2.24, 2.45) is 0 Å². The van der Waals surface area contributed by atoms with E-state index in [-0.39, 0.29) is 16.4 Å². The van der Waals surface area contributed by atoms with Gasteiger partial charge >= 0.3 is 11.9 Å². The lowest BCUT2D eigenvalue weighted by molar-refractivity contribution is -0.137. The molecular formula is C21H16F3N3O4S. The molecule has 0 radical (unpaired) electrons. The summed E-state index contributed by atoms with van der Waals surface area (Å²) in [7, 11) is -2.50. The molecule has 3 N–H and O–H groups in total. The van der Waals surface area contributed by atoms with Crippen molar-refractivity contribution in [2.75, 3.05) is 7.05 Å². The Morgan fingerprint density at radius 2 is 1.59 bits per heavy atom. The third-order valence-corrected chi connectivity index (χ3v) is 6.18. The van der Waals surface area contributed by atoms with E-state index in [9.17, 15) is 26.4 Å². The largest absolute Gasteiger partial charge is 0.457 e. The smallest absolute Gasteiger partial charge is 0.416 e. The number of H-pyrrole nitrogens is 2. The van der Waals surface area contributed by atoms with Crippen molar-refractivity contribution in [3.63, 3.8) is 0 Å². The zero-order valence-corrected chi connectivity index (χ0v) is 17.3. The summed E-state index contributed by atoms with van der Waals surface area (Å²) in [6.07, 6.45) is -4.48. The maximum Gasteiger partial charge on any atom is 0.416 e. The van der Waals surface area contributed by atoms with E-state index in [1.165, 1.54) is 37.4 Å². The molecule has 0 aliphatic heterocycles. The van der Waals surface area contributed by atoms with Gasteiger partial charge in [0.15, 0.2) is 0 Å². The summed E-state index contributed by atoms with van der Waals surface area (Å²) in [4.78, 5) is 16.8. The molecule has 166 valence electrons. The Kier molecular flexibility index (Phi) is 5.31. The minimum Gasteiger partial charge on any atom is -0.457 e. The SMILES string of the molecule is CNS(=O)(=O)c1ccc(Oc2ccc(C(F)(F)F)cc2)c(-c2ccc3[nH]c(=O)[nH]c3c2)c1. The molecule has 0 fully saturated rings. The molecule has 0 saturated carbocycles. The highest BCUT2D eigenvalue weighted by Crippen LogP contribution is 2.37. The maximum atomic E-state index is 12.8. The van der Waals surface area contributed by atoms with E-state index < -0.39 is 27.5 Å². The van der Waals surface area contributed by atoms with Crippen molar-refractivity contribution in [3.05, 3.63) is 76.7 Å². The van der Waals surface area contributed by atoms with Crippen LogP contribution in [0.3, 0.4) is 0 Å². The van der Waals surface area contributed by atoms with E-state index in [2.05, 4.69) is 14.7 Å². The second kappa shape index (κ2) is 7.84. The van der Waals surface area contributed by atoms with E-state index in [1.54, 1.807) is 18.2 Å². The van der Waals surface area contributed by atoms with Gasteiger partial charge in [0.2, 0.25) is 10.0 Å². The number of sulfonamides is 1. The summed E-state index contributed by atoms with van der Waals surface area (Å²) in [6.45, 7) is 0. The van der Waals surface area contributed by atoms with Crippen LogP contribution >= 0.6 is 0 Å². The van der Waals surface area contributed by atoms with E-state index in [4.69, 9.17) is 4.74 Å². The van der Waals surface area contributed by atoms with Crippen LogP contribution in [0, 0.1) is 0 Å². The Morgan fingerprint density at radius 3 is 2.25 bits per heavy atom. The van der Waals surface area contributed by atoms with Gasteiger partial charge in [-0.05, 0) is 67.2 Å². The van der Waals surface area contributed by atoms with Crippen LogP contribution in [0.25, 0.3) is 22.2 Å². The predicted molar refractivity (Wildman–Crippen MR) is 112 cm³/mol. The van der Waals surface area contributed by atoms with Gasteiger partial charge in [-0.25, -0.2) is 17.9 Å². The summed E-state index contributed by atoms with van der Waals surface area (Å²) in [5.41, 5.74) is 0.734. The molecule has 3 aromatic carbocycles. The normalized spacial score (nSPS) is 12.2. The van der Waals surface area contributed by atoms with Gasteiger partial charge in [-0.1, -0.05) is 6.07 Å². The molecule has 11 heteroatoms. The molecule has 1 heterocycles. The summed E-state index contributed by atoms with van der Waals surface area (Å²) in [6, 6.07) is 13.2. The molecule has 4 aromatic rings. The van der Waals surface area contributed by atoms with Gasteiger partial charge in [0.05, 0.1) is 21.5 Å². The van der Waals surface area contributed by atoms with Crippen molar-refractivity contribution in [3.8, 4) is 22.6 Å². The minimum atomic E-state index is -4.48. The Hall–Kier alpha value is -3.57. The number of hydrogen-bond acceptors (Lipinski definition) is 4. The van der Waals surface area contributed by atoms with E-state index in [0.717, 1.165) is 12.1 Å². The topological polar surface area (TPSA) is 104 Å². The molecule has 0 spiro atoms. The lowest BCUT2D eigenvalue weighted by atomic mass is 10.0. The van der Waals surface area contributed by atoms with Crippen molar-refractivity contribution < 1.29 is 26.3 Å². The summed E-state index contributed by atoms with van der Waals surface area (Å²) in [5, 5.41) is 0. The monoisotopic (exact) mass is 463 g/mol. The fourth-order valence-corrected chi connectivity index (χ4v) is 3.90. The Balaban J connectivity index is 1.81. The molecular weight excluding hydrogens is 447 g/mol. The van der Waals surface area contributed by atoms with Crippen molar-refractivity contribution in [2.45, 2.75) is 11.1 Å². The molecule has 4 rings (SSSR count). The number of aromatic nitrogens is 2. The summed E-state index contributed by atoms with van der Waals surface area (Å²) >= 11 is 0. The number of benzene rings is 3. The number of nitrogens with one attached hydrogen (secondary N) is 3. The van der Waals surface area contributed by atoms with Crippen LogP contribution in [0.5, 0.6) is 11.5 Å². The van der Waals surface area contributed by atoms with Crippen molar-refractivity contribution in [1.82, 2.24) is 14.7 Å². The Morgan fingerprint density at radius 1 is 0.906 bits per heavy atom. The van der Waals surface area contributed by atoms with Crippen molar-refractivity contribution in [1.29, 1.82) is 0 Å². The molecule has 1 aromatic heterocycles. The van der Waals surface area contributed by atoms with Crippen LogP contribution in [0.1, 0.15) is 5.56 Å². The number of rotatable bonds is 5. The Labute approximate surface area is 179 Å². The lowest BCUT2D eigenvalue weighted by Crippen LogP contribution is -2.18. The fourth-order valence-electron chi connectivity index (χ4n) is 3.15. The van der Waals surface area contributed by atoms with E-state index >= 15 is 0 Å². The maximum absolute atomic E-state index is 12.8. The van der Waals surface area contributed by atoms with Crippen LogP contribution in [0.15, 0.2) is 70.4 Å². The molecule has 0 unspecified atom stereocenters. The van der Waals surface area contributed by atoms with Gasteiger partial charge in [0.25, 0.3) is 0 Å². The van der Waals surface area contributed by atoms with Crippen LogP contribution < -0.4 is 15.1 Å². The average molecular weight is 463 g/mol. The Bertz CT molecular complexity index is 1460. The van der Waals surface area contributed by atoms with Gasteiger partial charge in [0, 0.05) is 5.56 Å². The molecule has 0 aliphatic carbocycles. The molecule has 32 heavy (non-hydrogen) atoms. The van der Waals surface area contributed by atoms with E-state index in [0.29, 0.717) is 22.2 Å². The number of ether oxygens (including phenoxy) is 1. The number of imidazole rings is 1. The third kappa shape index (κ3) is 4.25. The molecule has 7 nitrogen and oxygen atoms in total. The molecule has 0 saturated heterocycles. The first-order valence-electron chi connectivity index (χ1n) is 9.22. The fraction of sp³-hybridized carbons (Fsp3) is 0.0952. The van der Waals surface area contributed by atoms with Gasteiger partial charge < -0.3 is 14.7 Å². The van der Waals surface area contributed by atoms with Gasteiger partial charge in [-0.2, -0.15) is 13.2 Å². The lowest BCUT2D eigenvalue weighted by Gasteiger charge is -2.14. The summed E-state index contributed by atoms with van der Waals surface area (Å²) < 4.78 is 71.1. The average Bonchev–Trinajstić information content (AvgIpc) is 3.13. The number of fused-ring (bicyclic) bond motifs is 1. The number of hydrogen-bond donors (Lipinski definition) is 3. The zero-order chi connectivity index (χ0) is 23.1. The first kappa shape index (κ1) is 21.7. The first-order valence-corrected chi connectivity index (χ1v) is 10.7. The minimum absolute atomic E-state index is 0.0302. The van der Waals surface area contributed by atoms with Crippen LogP contribution in [-0.4, -0.2) is 25.4 Å². The van der Waals surface area contributed by atoms with Crippen molar-refractivity contribution >= 4 is 21.1 Å². The van der Waals surface area contributed by atoms with Gasteiger partial charge in [0.1, 0.15) is 11.5 Å². The van der Waals surface area contributed by atoms with Crippen LogP contribution in [0.2, 0.25) is 0 Å². The van der Waals surface area contributed by atoms with Gasteiger partial charge in [-0.3, -0.25) is 0 Å². The highest BCUT2D eigenvalue weighted by Gasteiger charge is 2.30. The molecule has 0 amide bonds.